The van der Waals surface area contributed by atoms with Crippen LogP contribution in [0.5, 0.6) is 0 Å². The van der Waals surface area contributed by atoms with E-state index in [1.807, 2.05) is 37.3 Å². The van der Waals surface area contributed by atoms with Crippen LogP contribution in [0.3, 0.4) is 0 Å². The van der Waals surface area contributed by atoms with Crippen LogP contribution in [0.2, 0.25) is 0 Å². The molecule has 1 aromatic carbocycles. The molecule has 0 fully saturated rings. The molecule has 0 radical (unpaired) electrons. The quantitative estimate of drug-likeness (QED) is 0.551. The number of aryl methyl sites for hydroxylation is 1. The lowest BCUT2D eigenvalue weighted by atomic mass is 10.3. The summed E-state index contributed by atoms with van der Waals surface area (Å²) in [6.45, 7) is 2.00. The molecule has 0 saturated carbocycles. The summed E-state index contributed by atoms with van der Waals surface area (Å²) in [6, 6.07) is 9.44. The third-order valence-corrected chi connectivity index (χ3v) is 3.57. The van der Waals surface area contributed by atoms with E-state index in [0.717, 1.165) is 5.69 Å². The first kappa shape index (κ1) is 14.2. The van der Waals surface area contributed by atoms with Gasteiger partial charge in [0.15, 0.2) is 11.5 Å². The topological polar surface area (TPSA) is 105 Å². The van der Waals surface area contributed by atoms with Gasteiger partial charge in [-0.15, -0.1) is 5.10 Å². The SMILES string of the molecule is CCc1noc(Cn2nnc3c(cnn3-c3ccccc3)c2=O)n1. The van der Waals surface area contributed by atoms with Crippen LogP contribution in [0, 0.1) is 0 Å². The number of rotatable bonds is 4. The van der Waals surface area contributed by atoms with Crippen molar-refractivity contribution in [3.05, 3.63) is 58.6 Å². The summed E-state index contributed by atoms with van der Waals surface area (Å²) in [5.41, 5.74) is 0.907. The van der Waals surface area contributed by atoms with Crippen molar-refractivity contribution in [2.45, 2.75) is 19.9 Å². The van der Waals surface area contributed by atoms with Crippen molar-refractivity contribution in [1.82, 2.24) is 34.9 Å². The lowest BCUT2D eigenvalue weighted by Gasteiger charge is -2.02. The van der Waals surface area contributed by atoms with E-state index in [9.17, 15) is 4.79 Å². The van der Waals surface area contributed by atoms with Crippen molar-refractivity contribution in [3.63, 3.8) is 0 Å². The van der Waals surface area contributed by atoms with Gasteiger partial charge in [-0.05, 0) is 12.1 Å². The third kappa shape index (κ3) is 2.35. The number of nitrogens with zero attached hydrogens (tertiary/aromatic N) is 7. The van der Waals surface area contributed by atoms with E-state index < -0.39 is 0 Å². The molecule has 0 atom stereocenters. The highest BCUT2D eigenvalue weighted by Gasteiger charge is 2.14. The molecule has 4 aromatic rings. The Kier molecular flexibility index (Phi) is 3.38. The summed E-state index contributed by atoms with van der Waals surface area (Å²) in [5.74, 6) is 0.905. The van der Waals surface area contributed by atoms with Gasteiger partial charge in [0.05, 0.1) is 11.9 Å². The predicted octanol–water partition coefficient (Wildman–Crippen LogP) is 0.971. The lowest BCUT2D eigenvalue weighted by molar-refractivity contribution is 0.356. The van der Waals surface area contributed by atoms with Crippen LogP contribution in [0.15, 0.2) is 45.8 Å². The Morgan fingerprint density at radius 3 is 2.79 bits per heavy atom. The molecule has 9 heteroatoms. The van der Waals surface area contributed by atoms with Gasteiger partial charge in [-0.3, -0.25) is 4.79 Å². The molecule has 9 nitrogen and oxygen atoms in total. The van der Waals surface area contributed by atoms with Crippen LogP contribution < -0.4 is 5.56 Å². The number of para-hydroxylation sites is 1. The largest absolute Gasteiger partial charge is 0.337 e. The standard InChI is InChI=1S/C15H13N7O2/c1-2-12-17-13(24-19-12)9-21-15(23)11-8-16-22(14(11)18-20-21)10-6-4-3-5-7-10/h3-8H,2,9H2,1H3. The molecule has 0 aliphatic rings. The Morgan fingerprint density at radius 2 is 2.04 bits per heavy atom. The molecule has 0 spiro atoms. The number of fused-ring (bicyclic) bond motifs is 1. The molecule has 4 rings (SSSR count). The summed E-state index contributed by atoms with van der Waals surface area (Å²) in [6.07, 6.45) is 2.15. The van der Waals surface area contributed by atoms with Gasteiger partial charge in [-0.2, -0.15) is 10.1 Å². The molecule has 0 amide bonds. The number of hydrogen-bond donors (Lipinski definition) is 0. The predicted molar refractivity (Wildman–Crippen MR) is 83.7 cm³/mol. The minimum absolute atomic E-state index is 0.0747. The Morgan fingerprint density at radius 1 is 1.21 bits per heavy atom. The van der Waals surface area contributed by atoms with Crippen LogP contribution in [-0.2, 0) is 13.0 Å². The fourth-order valence-corrected chi connectivity index (χ4v) is 2.35. The zero-order valence-electron chi connectivity index (χ0n) is 12.8. The second kappa shape index (κ2) is 5.69. The molecule has 3 heterocycles. The third-order valence-electron chi connectivity index (χ3n) is 3.57. The van der Waals surface area contributed by atoms with Gasteiger partial charge >= 0.3 is 0 Å². The minimum Gasteiger partial charge on any atom is -0.337 e. The van der Waals surface area contributed by atoms with Gasteiger partial charge in [0, 0.05) is 6.42 Å². The Labute approximate surface area is 135 Å². The molecule has 0 aliphatic carbocycles. The van der Waals surface area contributed by atoms with Gasteiger partial charge in [-0.25, -0.2) is 9.36 Å². The fourth-order valence-electron chi connectivity index (χ4n) is 2.35. The van der Waals surface area contributed by atoms with E-state index in [1.54, 1.807) is 4.68 Å². The molecule has 3 aromatic heterocycles. The number of aromatic nitrogens is 7. The first-order chi connectivity index (χ1) is 11.8. The van der Waals surface area contributed by atoms with E-state index >= 15 is 0 Å². The summed E-state index contributed by atoms with van der Waals surface area (Å²) in [4.78, 5) is 16.7. The van der Waals surface area contributed by atoms with Crippen molar-refractivity contribution in [2.75, 3.05) is 0 Å². The van der Waals surface area contributed by atoms with Crippen molar-refractivity contribution in [3.8, 4) is 5.69 Å². The van der Waals surface area contributed by atoms with Crippen LogP contribution in [0.4, 0.5) is 0 Å². The molecule has 0 N–H and O–H groups in total. The highest BCUT2D eigenvalue weighted by Crippen LogP contribution is 2.12. The zero-order valence-corrected chi connectivity index (χ0v) is 12.8. The van der Waals surface area contributed by atoms with Gasteiger partial charge in [0.25, 0.3) is 5.56 Å². The van der Waals surface area contributed by atoms with Crippen molar-refractivity contribution < 1.29 is 4.52 Å². The minimum atomic E-state index is -0.307. The maximum Gasteiger partial charge on any atom is 0.281 e. The van der Waals surface area contributed by atoms with Gasteiger partial charge in [0.1, 0.15) is 11.9 Å². The average molecular weight is 323 g/mol. The molecule has 0 aliphatic heterocycles. The van der Waals surface area contributed by atoms with Gasteiger partial charge in [-0.1, -0.05) is 35.5 Å². The number of benzene rings is 1. The summed E-state index contributed by atoms with van der Waals surface area (Å²) in [7, 11) is 0. The zero-order chi connectivity index (χ0) is 16.5. The van der Waals surface area contributed by atoms with E-state index in [4.69, 9.17) is 4.52 Å². The Hall–Kier alpha value is -3.36. The summed E-state index contributed by atoms with van der Waals surface area (Å²) >= 11 is 0. The van der Waals surface area contributed by atoms with Crippen molar-refractivity contribution in [2.24, 2.45) is 0 Å². The molecule has 0 unspecified atom stereocenters. The Balaban J connectivity index is 1.75. The van der Waals surface area contributed by atoms with Crippen molar-refractivity contribution in [1.29, 1.82) is 0 Å². The van der Waals surface area contributed by atoms with Gasteiger partial charge in [0.2, 0.25) is 5.89 Å². The monoisotopic (exact) mass is 323 g/mol. The van der Waals surface area contributed by atoms with Crippen LogP contribution >= 0.6 is 0 Å². The highest BCUT2D eigenvalue weighted by atomic mass is 16.5. The molecular weight excluding hydrogens is 310 g/mol. The van der Waals surface area contributed by atoms with Crippen molar-refractivity contribution >= 4 is 11.0 Å². The van der Waals surface area contributed by atoms with E-state index in [-0.39, 0.29) is 12.1 Å². The molecule has 0 bridgehead atoms. The molecule has 0 saturated heterocycles. The van der Waals surface area contributed by atoms with E-state index in [0.29, 0.717) is 29.2 Å². The lowest BCUT2D eigenvalue weighted by Crippen LogP contribution is -2.25. The van der Waals surface area contributed by atoms with Crippen LogP contribution in [0.1, 0.15) is 18.6 Å². The fraction of sp³-hybridized carbons (Fsp3) is 0.200. The first-order valence-corrected chi connectivity index (χ1v) is 7.44. The molecule has 24 heavy (non-hydrogen) atoms. The van der Waals surface area contributed by atoms with Gasteiger partial charge < -0.3 is 4.52 Å². The maximum atomic E-state index is 12.6. The van der Waals surface area contributed by atoms with Crippen LogP contribution in [0.25, 0.3) is 16.7 Å². The first-order valence-electron chi connectivity index (χ1n) is 7.44. The summed E-state index contributed by atoms with van der Waals surface area (Å²) in [5, 5.41) is 16.5. The van der Waals surface area contributed by atoms with Crippen LogP contribution in [-0.4, -0.2) is 34.9 Å². The smallest absolute Gasteiger partial charge is 0.281 e. The Bertz CT molecular complexity index is 1050. The molecular formula is C15H13N7O2. The van der Waals surface area contributed by atoms with E-state index in [1.165, 1.54) is 10.9 Å². The average Bonchev–Trinajstić information content (AvgIpc) is 3.25. The second-order valence-electron chi connectivity index (χ2n) is 5.14. The maximum absolute atomic E-state index is 12.6. The summed E-state index contributed by atoms with van der Waals surface area (Å²) < 4.78 is 7.86. The second-order valence-corrected chi connectivity index (χ2v) is 5.14. The van der Waals surface area contributed by atoms with E-state index in [2.05, 4.69) is 25.6 Å². The number of hydrogen-bond acceptors (Lipinski definition) is 7. The highest BCUT2D eigenvalue weighted by molar-refractivity contribution is 5.74. The normalized spacial score (nSPS) is 11.2. The molecule has 120 valence electrons.